The van der Waals surface area contributed by atoms with Gasteiger partial charge in [-0.15, -0.1) is 0 Å². The van der Waals surface area contributed by atoms with Gasteiger partial charge >= 0.3 is 5.97 Å². The fourth-order valence-electron chi connectivity index (χ4n) is 0.693. The molecule has 0 aromatic carbocycles. The summed E-state index contributed by atoms with van der Waals surface area (Å²) in [5, 5.41) is 17.3. The fourth-order valence-corrected chi connectivity index (χ4v) is 1.83. The highest BCUT2D eigenvalue weighted by Crippen LogP contribution is 2.12. The molecule has 4 heteroatoms. The van der Waals surface area contributed by atoms with E-state index in [1.54, 1.807) is 0 Å². The number of rotatable bonds is 4. The lowest BCUT2D eigenvalue weighted by molar-refractivity contribution is -0.146. The van der Waals surface area contributed by atoms with E-state index in [1.807, 2.05) is 0 Å². The summed E-state index contributed by atoms with van der Waals surface area (Å²) >= 11 is 0. The minimum Gasteiger partial charge on any atom is -0.479 e. The van der Waals surface area contributed by atoms with Crippen molar-refractivity contribution in [3.63, 3.8) is 0 Å². The Morgan fingerprint density at radius 2 is 1.91 bits per heavy atom. The molecule has 11 heavy (non-hydrogen) atoms. The molecular formula is C7H16O3Si. The van der Waals surface area contributed by atoms with E-state index in [9.17, 15) is 4.79 Å². The van der Waals surface area contributed by atoms with Gasteiger partial charge in [0.25, 0.3) is 0 Å². The highest BCUT2D eigenvalue weighted by molar-refractivity contribution is 6.76. The van der Waals surface area contributed by atoms with Crippen molar-refractivity contribution >= 4 is 14.0 Å². The Kier molecular flexibility index (Phi) is 3.75. The molecule has 0 aliphatic heterocycles. The third kappa shape index (κ3) is 6.06. The van der Waals surface area contributed by atoms with E-state index >= 15 is 0 Å². The van der Waals surface area contributed by atoms with E-state index in [1.165, 1.54) is 0 Å². The largest absolute Gasteiger partial charge is 0.479 e. The summed E-state index contributed by atoms with van der Waals surface area (Å²) in [4.78, 5) is 10.2. The molecule has 0 bridgehead atoms. The molecule has 0 saturated carbocycles. The second-order valence-corrected chi connectivity index (χ2v) is 9.57. The zero-order valence-corrected chi connectivity index (χ0v) is 8.29. The third-order valence-electron chi connectivity index (χ3n) is 1.45. The standard InChI is InChI=1S/C7H16O3Si/c1-11(2,3)5-4-6(8)7(9)10/h6,8H,4-5H2,1-3H3,(H,9,10)/t6-/m1/s1. The molecule has 0 radical (unpaired) electrons. The van der Waals surface area contributed by atoms with E-state index in [-0.39, 0.29) is 0 Å². The Bertz CT molecular complexity index is 139. The Labute approximate surface area is 68.1 Å². The summed E-state index contributed by atoms with van der Waals surface area (Å²) in [6, 6.07) is 0.862. The van der Waals surface area contributed by atoms with Crippen LogP contribution in [0.25, 0.3) is 0 Å². The summed E-state index contributed by atoms with van der Waals surface area (Å²) < 4.78 is 0. The molecule has 1 atom stereocenters. The highest BCUT2D eigenvalue weighted by atomic mass is 28.3. The molecule has 0 aliphatic carbocycles. The first-order valence-electron chi connectivity index (χ1n) is 3.74. The van der Waals surface area contributed by atoms with Gasteiger partial charge in [-0.3, -0.25) is 0 Å². The second-order valence-electron chi connectivity index (χ2n) is 3.95. The predicted molar refractivity (Wildman–Crippen MR) is 46.4 cm³/mol. The van der Waals surface area contributed by atoms with Crippen LogP contribution in [0, 0.1) is 0 Å². The maximum absolute atomic E-state index is 10.2. The van der Waals surface area contributed by atoms with Crippen molar-refractivity contribution in [2.45, 2.75) is 38.2 Å². The first-order valence-corrected chi connectivity index (χ1v) is 7.44. The van der Waals surface area contributed by atoms with Crippen molar-refractivity contribution in [1.82, 2.24) is 0 Å². The summed E-state index contributed by atoms with van der Waals surface area (Å²) in [5.74, 6) is -1.11. The maximum atomic E-state index is 10.2. The summed E-state index contributed by atoms with van der Waals surface area (Å²) in [6.45, 7) is 6.46. The maximum Gasteiger partial charge on any atom is 0.332 e. The van der Waals surface area contributed by atoms with Crippen molar-refractivity contribution in [2.75, 3.05) is 0 Å². The fraction of sp³-hybridized carbons (Fsp3) is 0.857. The molecule has 0 aliphatic rings. The van der Waals surface area contributed by atoms with Crippen LogP contribution in [-0.2, 0) is 4.79 Å². The number of aliphatic hydroxyl groups is 1. The molecule has 0 spiro atoms. The van der Waals surface area contributed by atoms with Crippen LogP contribution in [0.15, 0.2) is 0 Å². The summed E-state index contributed by atoms with van der Waals surface area (Å²) in [7, 11) is -1.19. The number of aliphatic carboxylic acids is 1. The van der Waals surface area contributed by atoms with Crippen LogP contribution in [-0.4, -0.2) is 30.4 Å². The lowest BCUT2D eigenvalue weighted by Gasteiger charge is -2.16. The minimum absolute atomic E-state index is 0.394. The SMILES string of the molecule is C[Si](C)(C)CC[C@@H](O)C(=O)O. The first-order chi connectivity index (χ1) is 4.83. The molecule has 0 saturated heterocycles. The molecule has 0 amide bonds. The Morgan fingerprint density at radius 1 is 1.45 bits per heavy atom. The quantitative estimate of drug-likeness (QED) is 0.632. The Morgan fingerprint density at radius 3 is 2.18 bits per heavy atom. The van der Waals surface area contributed by atoms with Crippen LogP contribution in [0.2, 0.25) is 25.7 Å². The van der Waals surface area contributed by atoms with E-state index in [0.717, 1.165) is 6.04 Å². The zero-order chi connectivity index (χ0) is 9.07. The van der Waals surface area contributed by atoms with Crippen molar-refractivity contribution in [1.29, 1.82) is 0 Å². The molecule has 2 N–H and O–H groups in total. The number of carboxylic acid groups (broad SMARTS) is 1. The predicted octanol–water partition coefficient (Wildman–Crippen LogP) is 1.16. The van der Waals surface area contributed by atoms with E-state index in [0.29, 0.717) is 6.42 Å². The molecule has 0 rings (SSSR count). The van der Waals surface area contributed by atoms with Gasteiger partial charge < -0.3 is 10.2 Å². The molecule has 66 valence electrons. The molecule has 0 fully saturated rings. The van der Waals surface area contributed by atoms with E-state index in [4.69, 9.17) is 10.2 Å². The lowest BCUT2D eigenvalue weighted by atomic mass is 10.3. The number of aliphatic hydroxyl groups excluding tert-OH is 1. The zero-order valence-electron chi connectivity index (χ0n) is 7.29. The van der Waals surface area contributed by atoms with E-state index < -0.39 is 20.1 Å². The van der Waals surface area contributed by atoms with Crippen LogP contribution in [0.3, 0.4) is 0 Å². The van der Waals surface area contributed by atoms with Gasteiger partial charge in [0.15, 0.2) is 6.10 Å². The van der Waals surface area contributed by atoms with Crippen LogP contribution >= 0.6 is 0 Å². The van der Waals surface area contributed by atoms with Crippen LogP contribution in [0.1, 0.15) is 6.42 Å². The van der Waals surface area contributed by atoms with Gasteiger partial charge in [-0.2, -0.15) is 0 Å². The van der Waals surface area contributed by atoms with Crippen molar-refractivity contribution < 1.29 is 15.0 Å². The lowest BCUT2D eigenvalue weighted by Crippen LogP contribution is -2.26. The van der Waals surface area contributed by atoms with Gasteiger partial charge in [0.05, 0.1) is 0 Å². The Hall–Kier alpha value is -0.353. The third-order valence-corrected chi connectivity index (χ3v) is 3.24. The molecule has 0 aromatic heterocycles. The number of hydrogen-bond acceptors (Lipinski definition) is 2. The average Bonchev–Trinajstić information content (AvgIpc) is 1.80. The summed E-state index contributed by atoms with van der Waals surface area (Å²) in [5.41, 5.74) is 0. The number of carboxylic acids is 1. The number of carbonyl (C=O) groups is 1. The monoisotopic (exact) mass is 176 g/mol. The van der Waals surface area contributed by atoms with Gasteiger partial charge in [-0.1, -0.05) is 25.7 Å². The normalized spacial score (nSPS) is 14.5. The molecular weight excluding hydrogens is 160 g/mol. The van der Waals surface area contributed by atoms with Gasteiger partial charge in [0, 0.05) is 8.07 Å². The second kappa shape index (κ2) is 3.87. The van der Waals surface area contributed by atoms with Gasteiger partial charge in [-0.25, -0.2) is 4.79 Å². The van der Waals surface area contributed by atoms with E-state index in [2.05, 4.69) is 19.6 Å². The van der Waals surface area contributed by atoms with Crippen LogP contribution < -0.4 is 0 Å². The highest BCUT2D eigenvalue weighted by Gasteiger charge is 2.18. The van der Waals surface area contributed by atoms with Gasteiger partial charge in [-0.05, 0) is 6.42 Å². The Balaban J connectivity index is 3.63. The van der Waals surface area contributed by atoms with Gasteiger partial charge in [0.1, 0.15) is 0 Å². The molecule has 0 heterocycles. The van der Waals surface area contributed by atoms with Crippen LogP contribution in [0.4, 0.5) is 0 Å². The number of hydrogen-bond donors (Lipinski definition) is 2. The smallest absolute Gasteiger partial charge is 0.332 e. The first kappa shape index (κ1) is 10.6. The minimum atomic E-state index is -1.19. The van der Waals surface area contributed by atoms with Crippen molar-refractivity contribution in [3.8, 4) is 0 Å². The molecule has 0 aromatic rings. The average molecular weight is 176 g/mol. The molecule has 3 nitrogen and oxygen atoms in total. The van der Waals surface area contributed by atoms with Crippen molar-refractivity contribution in [3.05, 3.63) is 0 Å². The summed E-state index contributed by atoms with van der Waals surface area (Å²) in [6.07, 6.45) is -0.771. The van der Waals surface area contributed by atoms with Crippen molar-refractivity contribution in [2.24, 2.45) is 0 Å². The van der Waals surface area contributed by atoms with Gasteiger partial charge in [0.2, 0.25) is 0 Å². The molecule has 0 unspecified atom stereocenters. The topological polar surface area (TPSA) is 57.5 Å². The van der Waals surface area contributed by atoms with Crippen LogP contribution in [0.5, 0.6) is 0 Å².